The van der Waals surface area contributed by atoms with E-state index in [1.165, 1.54) is 12.8 Å². The van der Waals surface area contributed by atoms with Crippen LogP contribution in [0.3, 0.4) is 0 Å². The Kier molecular flexibility index (Phi) is 4.69. The van der Waals surface area contributed by atoms with E-state index in [0.717, 1.165) is 25.7 Å². The number of carbonyl (C=O) groups is 1. The number of amides is 1. The molecule has 17 heavy (non-hydrogen) atoms. The van der Waals surface area contributed by atoms with Gasteiger partial charge in [0.05, 0.1) is 5.38 Å². The van der Waals surface area contributed by atoms with E-state index in [9.17, 15) is 4.79 Å². The lowest BCUT2D eigenvalue weighted by Crippen LogP contribution is -2.46. The lowest BCUT2D eigenvalue weighted by Gasteiger charge is -2.24. The van der Waals surface area contributed by atoms with Crippen LogP contribution in [-0.4, -0.2) is 30.0 Å². The number of hydrogen-bond acceptors (Lipinski definition) is 2. The SMILES string of the molecule is CC1CCOC1C(=O)NC1CCCCCC1Cl. The summed E-state index contributed by atoms with van der Waals surface area (Å²) in [5.41, 5.74) is 0. The molecule has 4 heteroatoms. The first-order valence-corrected chi connectivity index (χ1v) is 7.18. The molecule has 0 spiro atoms. The Morgan fingerprint density at radius 2 is 2.00 bits per heavy atom. The zero-order valence-electron chi connectivity index (χ0n) is 10.5. The summed E-state index contributed by atoms with van der Waals surface area (Å²) in [7, 11) is 0. The Morgan fingerprint density at radius 1 is 1.24 bits per heavy atom. The second-order valence-electron chi connectivity index (χ2n) is 5.33. The Morgan fingerprint density at radius 3 is 2.71 bits per heavy atom. The normalized spacial score (nSPS) is 38.7. The molecule has 1 aliphatic carbocycles. The van der Waals surface area contributed by atoms with Crippen LogP contribution in [0.5, 0.6) is 0 Å². The van der Waals surface area contributed by atoms with Crippen molar-refractivity contribution in [3.63, 3.8) is 0 Å². The third kappa shape index (κ3) is 3.35. The van der Waals surface area contributed by atoms with Crippen LogP contribution >= 0.6 is 11.6 Å². The van der Waals surface area contributed by atoms with Crippen molar-refractivity contribution in [2.24, 2.45) is 5.92 Å². The van der Waals surface area contributed by atoms with E-state index < -0.39 is 0 Å². The number of ether oxygens (including phenoxy) is 1. The Balaban J connectivity index is 1.88. The highest BCUT2D eigenvalue weighted by atomic mass is 35.5. The molecule has 2 rings (SSSR count). The predicted molar refractivity (Wildman–Crippen MR) is 68.2 cm³/mol. The summed E-state index contributed by atoms with van der Waals surface area (Å²) in [6, 6.07) is 0.128. The minimum absolute atomic E-state index is 0.0348. The van der Waals surface area contributed by atoms with Gasteiger partial charge in [0.15, 0.2) is 0 Å². The van der Waals surface area contributed by atoms with Gasteiger partial charge < -0.3 is 10.1 Å². The lowest BCUT2D eigenvalue weighted by atomic mass is 10.0. The first-order chi connectivity index (χ1) is 8.18. The minimum Gasteiger partial charge on any atom is -0.368 e. The zero-order valence-corrected chi connectivity index (χ0v) is 11.2. The molecule has 98 valence electrons. The molecule has 1 heterocycles. The molecule has 2 aliphatic rings. The van der Waals surface area contributed by atoms with E-state index in [2.05, 4.69) is 12.2 Å². The van der Waals surface area contributed by atoms with Crippen molar-refractivity contribution >= 4 is 17.5 Å². The highest BCUT2D eigenvalue weighted by Crippen LogP contribution is 2.24. The number of alkyl halides is 1. The van der Waals surface area contributed by atoms with E-state index in [1.807, 2.05) is 0 Å². The van der Waals surface area contributed by atoms with E-state index in [4.69, 9.17) is 16.3 Å². The molecule has 1 saturated carbocycles. The Hall–Kier alpha value is -0.280. The maximum atomic E-state index is 12.1. The van der Waals surface area contributed by atoms with Crippen LogP contribution < -0.4 is 5.32 Å². The molecular weight excluding hydrogens is 238 g/mol. The van der Waals surface area contributed by atoms with Crippen molar-refractivity contribution in [1.82, 2.24) is 5.32 Å². The summed E-state index contributed by atoms with van der Waals surface area (Å²) in [4.78, 5) is 12.1. The van der Waals surface area contributed by atoms with Gasteiger partial charge in [-0.2, -0.15) is 0 Å². The monoisotopic (exact) mass is 259 g/mol. The summed E-state index contributed by atoms with van der Waals surface area (Å²) in [5, 5.41) is 3.17. The van der Waals surface area contributed by atoms with Gasteiger partial charge in [-0.05, 0) is 25.2 Å². The maximum Gasteiger partial charge on any atom is 0.249 e. The van der Waals surface area contributed by atoms with Crippen molar-refractivity contribution in [3.05, 3.63) is 0 Å². The zero-order chi connectivity index (χ0) is 12.3. The second kappa shape index (κ2) is 6.05. The van der Waals surface area contributed by atoms with Gasteiger partial charge in [-0.3, -0.25) is 4.79 Å². The van der Waals surface area contributed by atoms with E-state index in [0.29, 0.717) is 12.5 Å². The summed E-state index contributed by atoms with van der Waals surface area (Å²) in [5.74, 6) is 0.363. The van der Waals surface area contributed by atoms with Gasteiger partial charge in [-0.15, -0.1) is 11.6 Å². The largest absolute Gasteiger partial charge is 0.368 e. The molecule has 4 atom stereocenters. The first kappa shape index (κ1) is 13.2. The average Bonchev–Trinajstić information content (AvgIpc) is 2.63. The number of hydrogen-bond donors (Lipinski definition) is 1. The molecule has 0 aromatic heterocycles. The molecule has 0 aromatic rings. The quantitative estimate of drug-likeness (QED) is 0.611. The number of halogens is 1. The molecule has 0 bridgehead atoms. The third-order valence-corrected chi connectivity index (χ3v) is 4.43. The fraction of sp³-hybridized carbons (Fsp3) is 0.923. The van der Waals surface area contributed by atoms with E-state index >= 15 is 0 Å². The van der Waals surface area contributed by atoms with Gasteiger partial charge in [0.25, 0.3) is 0 Å². The first-order valence-electron chi connectivity index (χ1n) is 6.74. The van der Waals surface area contributed by atoms with Crippen LogP contribution in [0.1, 0.15) is 45.4 Å². The van der Waals surface area contributed by atoms with Crippen molar-refractivity contribution in [3.8, 4) is 0 Å². The van der Waals surface area contributed by atoms with Gasteiger partial charge in [0.2, 0.25) is 5.91 Å². The highest BCUT2D eigenvalue weighted by Gasteiger charge is 2.33. The van der Waals surface area contributed by atoms with Crippen LogP contribution in [0.25, 0.3) is 0 Å². The number of rotatable bonds is 2. The van der Waals surface area contributed by atoms with Crippen molar-refractivity contribution in [1.29, 1.82) is 0 Å². The van der Waals surface area contributed by atoms with E-state index in [-0.39, 0.29) is 23.4 Å². The summed E-state index contributed by atoms with van der Waals surface area (Å²) >= 11 is 6.32. The van der Waals surface area contributed by atoms with Crippen LogP contribution in [0.15, 0.2) is 0 Å². The summed E-state index contributed by atoms with van der Waals surface area (Å²) < 4.78 is 5.48. The maximum absolute atomic E-state index is 12.1. The molecular formula is C13H22ClNO2. The smallest absolute Gasteiger partial charge is 0.249 e. The fourth-order valence-electron chi connectivity index (χ4n) is 2.72. The van der Waals surface area contributed by atoms with Crippen molar-refractivity contribution < 1.29 is 9.53 Å². The molecule has 3 nitrogen and oxygen atoms in total. The molecule has 4 unspecified atom stereocenters. The van der Waals surface area contributed by atoms with Gasteiger partial charge in [0.1, 0.15) is 6.10 Å². The molecule has 1 N–H and O–H groups in total. The van der Waals surface area contributed by atoms with Gasteiger partial charge in [0, 0.05) is 12.6 Å². The standard InChI is InChI=1S/C13H22ClNO2/c1-9-7-8-17-12(9)13(16)15-11-6-4-2-3-5-10(11)14/h9-12H,2-8H2,1H3,(H,15,16). The summed E-state index contributed by atoms with van der Waals surface area (Å²) in [6.07, 6.45) is 6.29. The third-order valence-electron chi connectivity index (χ3n) is 3.91. The van der Waals surface area contributed by atoms with E-state index in [1.54, 1.807) is 0 Å². The van der Waals surface area contributed by atoms with Crippen molar-refractivity contribution in [2.45, 2.75) is 63.0 Å². The molecule has 1 aliphatic heterocycles. The molecule has 1 saturated heterocycles. The number of carbonyl (C=O) groups excluding carboxylic acids is 1. The number of nitrogens with one attached hydrogen (secondary N) is 1. The topological polar surface area (TPSA) is 38.3 Å². The molecule has 1 amide bonds. The average molecular weight is 260 g/mol. The van der Waals surface area contributed by atoms with Gasteiger partial charge in [-0.1, -0.05) is 26.2 Å². The van der Waals surface area contributed by atoms with Crippen molar-refractivity contribution in [2.75, 3.05) is 6.61 Å². The minimum atomic E-state index is -0.262. The predicted octanol–water partition coefficient (Wildman–Crippen LogP) is 2.47. The van der Waals surface area contributed by atoms with Gasteiger partial charge in [-0.25, -0.2) is 0 Å². The molecule has 2 fully saturated rings. The van der Waals surface area contributed by atoms with Crippen LogP contribution in [0.4, 0.5) is 0 Å². The lowest BCUT2D eigenvalue weighted by molar-refractivity contribution is -0.132. The van der Waals surface area contributed by atoms with Gasteiger partial charge >= 0.3 is 0 Å². The van der Waals surface area contributed by atoms with Crippen LogP contribution in [0.2, 0.25) is 0 Å². The van der Waals surface area contributed by atoms with Crippen LogP contribution in [0, 0.1) is 5.92 Å². The van der Waals surface area contributed by atoms with Crippen LogP contribution in [-0.2, 0) is 9.53 Å². The second-order valence-corrected chi connectivity index (χ2v) is 5.89. The fourth-order valence-corrected chi connectivity index (χ4v) is 3.06. The molecule has 0 radical (unpaired) electrons. The molecule has 0 aromatic carbocycles. The highest BCUT2D eigenvalue weighted by molar-refractivity contribution is 6.21. The Bertz CT molecular complexity index is 272. The summed E-state index contributed by atoms with van der Waals surface area (Å²) in [6.45, 7) is 2.77. The Labute approximate surface area is 108 Å².